The molecule has 1 N–H and O–H groups in total. The lowest BCUT2D eigenvalue weighted by atomic mass is 9.86. The summed E-state index contributed by atoms with van der Waals surface area (Å²) in [4.78, 5) is 31.1. The summed E-state index contributed by atoms with van der Waals surface area (Å²) in [6.07, 6.45) is 1.01. The Hall–Kier alpha value is -3.16. The number of hydrogen-bond donors (Lipinski definition) is 1. The van der Waals surface area contributed by atoms with Crippen LogP contribution in [-0.2, 0) is 16.0 Å². The van der Waals surface area contributed by atoms with Crippen molar-refractivity contribution < 1.29 is 22.8 Å². The minimum absolute atomic E-state index is 0.00630. The summed E-state index contributed by atoms with van der Waals surface area (Å²) < 4.78 is 43.4. The molecule has 0 bridgehead atoms. The van der Waals surface area contributed by atoms with Crippen molar-refractivity contribution in [1.29, 1.82) is 0 Å². The standard InChI is InChI=1S/C27H30F3N3O2/c28-27(29,30)26(31-23(34)17-16-20-10-4-1-5-11-20)25(35)33(19-18-21-12-6-2-7-13-21)24(32-26)22-14-8-3-9-15-22/h2-3,6-9,12-15,20H,1,4-5,10-11,16-19H2,(H,31,34). The molecule has 1 aliphatic carbocycles. The van der Waals surface area contributed by atoms with E-state index in [4.69, 9.17) is 0 Å². The number of amidine groups is 1. The lowest BCUT2D eigenvalue weighted by Gasteiger charge is -2.29. The smallest absolute Gasteiger partial charge is 0.316 e. The summed E-state index contributed by atoms with van der Waals surface area (Å²) in [7, 11) is 0. The third kappa shape index (κ3) is 5.57. The Morgan fingerprint density at radius 1 is 1.00 bits per heavy atom. The molecule has 0 saturated heterocycles. The number of rotatable bonds is 8. The van der Waals surface area contributed by atoms with Gasteiger partial charge in [0.2, 0.25) is 5.91 Å². The monoisotopic (exact) mass is 485 g/mol. The van der Waals surface area contributed by atoms with E-state index in [1.807, 2.05) is 35.6 Å². The van der Waals surface area contributed by atoms with Crippen LogP contribution in [0.4, 0.5) is 13.2 Å². The summed E-state index contributed by atoms with van der Waals surface area (Å²) >= 11 is 0. The molecule has 1 heterocycles. The molecule has 35 heavy (non-hydrogen) atoms. The summed E-state index contributed by atoms with van der Waals surface area (Å²) in [5.41, 5.74) is -2.05. The number of benzene rings is 2. The van der Waals surface area contributed by atoms with Crippen LogP contribution >= 0.6 is 0 Å². The summed E-state index contributed by atoms with van der Waals surface area (Å²) in [5, 5.41) is 2.01. The van der Waals surface area contributed by atoms with Crippen LogP contribution in [0.25, 0.3) is 0 Å². The lowest BCUT2D eigenvalue weighted by molar-refractivity contribution is -0.200. The molecule has 4 rings (SSSR count). The highest BCUT2D eigenvalue weighted by atomic mass is 19.4. The second kappa shape index (κ2) is 10.6. The average Bonchev–Trinajstić information content (AvgIpc) is 3.15. The predicted octanol–water partition coefficient (Wildman–Crippen LogP) is 5.25. The molecule has 1 unspecified atom stereocenters. The molecule has 0 radical (unpaired) electrons. The zero-order valence-corrected chi connectivity index (χ0v) is 19.6. The van der Waals surface area contributed by atoms with Gasteiger partial charge >= 0.3 is 11.8 Å². The molecule has 5 nitrogen and oxygen atoms in total. The van der Waals surface area contributed by atoms with Crippen LogP contribution < -0.4 is 5.32 Å². The van der Waals surface area contributed by atoms with Gasteiger partial charge in [-0.25, -0.2) is 4.99 Å². The van der Waals surface area contributed by atoms with E-state index < -0.39 is 23.7 Å². The summed E-state index contributed by atoms with van der Waals surface area (Å²) in [5.74, 6) is -1.83. The second-order valence-electron chi connectivity index (χ2n) is 9.29. The van der Waals surface area contributed by atoms with Crippen molar-refractivity contribution in [2.75, 3.05) is 6.54 Å². The SMILES string of the molecule is O=C(CCC1CCCCC1)NC1(C(F)(F)F)N=C(c2ccccc2)N(CCc2ccccc2)C1=O. The van der Waals surface area contributed by atoms with Gasteiger partial charge in [0.25, 0.3) is 5.91 Å². The van der Waals surface area contributed by atoms with Gasteiger partial charge in [0, 0.05) is 18.5 Å². The molecule has 2 aromatic carbocycles. The van der Waals surface area contributed by atoms with Gasteiger partial charge in [-0.15, -0.1) is 0 Å². The number of carbonyl (C=O) groups excluding carboxylic acids is 2. The highest BCUT2D eigenvalue weighted by Gasteiger charge is 2.67. The first-order chi connectivity index (χ1) is 16.8. The maximum Gasteiger partial charge on any atom is 0.442 e. The van der Waals surface area contributed by atoms with E-state index >= 15 is 0 Å². The Balaban J connectivity index is 1.60. The van der Waals surface area contributed by atoms with Gasteiger partial charge in [0.05, 0.1) is 0 Å². The Kier molecular flexibility index (Phi) is 7.57. The average molecular weight is 486 g/mol. The molecule has 2 aromatic rings. The Bertz CT molecular complexity index is 1050. The van der Waals surface area contributed by atoms with Crippen molar-refractivity contribution in [3.63, 3.8) is 0 Å². The number of aliphatic imine (C=N–C) groups is 1. The summed E-state index contributed by atoms with van der Waals surface area (Å²) in [6.45, 7) is 0.00630. The number of hydrogen-bond acceptors (Lipinski definition) is 3. The van der Waals surface area contributed by atoms with Crippen LogP contribution in [0.5, 0.6) is 0 Å². The first-order valence-electron chi connectivity index (χ1n) is 12.2. The van der Waals surface area contributed by atoms with Crippen LogP contribution in [0.2, 0.25) is 0 Å². The van der Waals surface area contributed by atoms with Crippen molar-refractivity contribution >= 4 is 17.6 Å². The van der Waals surface area contributed by atoms with E-state index in [0.29, 0.717) is 24.3 Å². The molecule has 1 fully saturated rings. The highest BCUT2D eigenvalue weighted by molar-refractivity contribution is 6.16. The van der Waals surface area contributed by atoms with Gasteiger partial charge in [-0.3, -0.25) is 14.5 Å². The fourth-order valence-corrected chi connectivity index (χ4v) is 4.87. The van der Waals surface area contributed by atoms with Crippen LogP contribution in [0.15, 0.2) is 65.7 Å². The van der Waals surface area contributed by atoms with Crippen molar-refractivity contribution in [3.8, 4) is 0 Å². The van der Waals surface area contributed by atoms with Crippen molar-refractivity contribution in [1.82, 2.24) is 10.2 Å². The molecule has 8 heteroatoms. The van der Waals surface area contributed by atoms with E-state index in [1.165, 1.54) is 0 Å². The normalized spacial score (nSPS) is 21.2. The van der Waals surface area contributed by atoms with E-state index in [2.05, 4.69) is 4.99 Å². The number of nitrogens with one attached hydrogen (secondary N) is 1. The number of carbonyl (C=O) groups is 2. The Morgan fingerprint density at radius 3 is 2.26 bits per heavy atom. The maximum atomic E-state index is 14.5. The van der Waals surface area contributed by atoms with Crippen molar-refractivity contribution in [3.05, 3.63) is 71.8 Å². The molecule has 2 amide bonds. The topological polar surface area (TPSA) is 61.8 Å². The lowest BCUT2D eigenvalue weighted by Crippen LogP contribution is -2.63. The maximum absolute atomic E-state index is 14.5. The van der Waals surface area contributed by atoms with Gasteiger partial charge in [0.1, 0.15) is 5.84 Å². The van der Waals surface area contributed by atoms with Crippen molar-refractivity contribution in [2.24, 2.45) is 10.9 Å². The van der Waals surface area contributed by atoms with E-state index in [0.717, 1.165) is 42.6 Å². The molecule has 186 valence electrons. The first kappa shape index (κ1) is 24.9. The minimum atomic E-state index is -5.09. The van der Waals surface area contributed by atoms with Crippen LogP contribution in [-0.4, -0.2) is 40.9 Å². The largest absolute Gasteiger partial charge is 0.442 e. The van der Waals surface area contributed by atoms with Crippen LogP contribution in [0.3, 0.4) is 0 Å². The number of alkyl halides is 3. The number of amides is 2. The molecule has 2 aliphatic rings. The fraction of sp³-hybridized carbons (Fsp3) is 0.444. The predicted molar refractivity (Wildman–Crippen MR) is 128 cm³/mol. The number of nitrogens with zero attached hydrogens (tertiary/aromatic N) is 2. The van der Waals surface area contributed by atoms with Gasteiger partial charge in [-0.2, -0.15) is 13.2 Å². The van der Waals surface area contributed by atoms with E-state index in [9.17, 15) is 22.8 Å². The van der Waals surface area contributed by atoms with Crippen LogP contribution in [0.1, 0.15) is 56.1 Å². The quantitative estimate of drug-likeness (QED) is 0.555. The molecule has 1 atom stereocenters. The zero-order valence-electron chi connectivity index (χ0n) is 19.6. The van der Waals surface area contributed by atoms with E-state index in [1.54, 1.807) is 30.3 Å². The van der Waals surface area contributed by atoms with E-state index in [-0.39, 0.29) is 18.8 Å². The molecule has 1 aliphatic heterocycles. The molecular formula is C27H30F3N3O2. The molecule has 0 spiro atoms. The Morgan fingerprint density at radius 2 is 1.63 bits per heavy atom. The molecular weight excluding hydrogens is 455 g/mol. The third-order valence-corrected chi connectivity index (χ3v) is 6.82. The third-order valence-electron chi connectivity index (χ3n) is 6.82. The number of halogens is 3. The van der Waals surface area contributed by atoms with Gasteiger partial charge < -0.3 is 5.32 Å². The fourth-order valence-electron chi connectivity index (χ4n) is 4.87. The summed E-state index contributed by atoms with van der Waals surface area (Å²) in [6, 6.07) is 17.5. The van der Waals surface area contributed by atoms with Crippen LogP contribution in [0, 0.1) is 5.92 Å². The van der Waals surface area contributed by atoms with Crippen molar-refractivity contribution in [2.45, 2.75) is 63.2 Å². The Labute approximate surface area is 203 Å². The molecule has 1 saturated carbocycles. The second-order valence-corrected chi connectivity index (χ2v) is 9.29. The first-order valence-corrected chi connectivity index (χ1v) is 12.2. The zero-order chi connectivity index (χ0) is 24.9. The highest BCUT2D eigenvalue weighted by Crippen LogP contribution is 2.39. The van der Waals surface area contributed by atoms with Gasteiger partial charge in [-0.1, -0.05) is 92.8 Å². The van der Waals surface area contributed by atoms with Gasteiger partial charge in [-0.05, 0) is 24.3 Å². The minimum Gasteiger partial charge on any atom is -0.316 e. The van der Waals surface area contributed by atoms with Gasteiger partial charge in [0.15, 0.2) is 0 Å². The molecule has 0 aromatic heterocycles.